The Kier molecular flexibility index (Phi) is 3.37. The van der Waals surface area contributed by atoms with Crippen molar-refractivity contribution in [1.82, 2.24) is 9.55 Å². The third kappa shape index (κ3) is 2.11. The molecule has 116 valence electrons. The Hall–Kier alpha value is -1.89. The molecule has 3 heterocycles. The van der Waals surface area contributed by atoms with Gasteiger partial charge in [-0.2, -0.15) is 0 Å². The molecule has 1 N–H and O–H groups in total. The second kappa shape index (κ2) is 5.39. The van der Waals surface area contributed by atoms with Gasteiger partial charge < -0.3 is 23.9 Å². The molecule has 2 aliphatic rings. The molecule has 2 saturated heterocycles. The predicted molar refractivity (Wildman–Crippen MR) is 78.7 cm³/mol. The molecule has 4 atom stereocenters. The first kappa shape index (κ1) is 13.8. The molecule has 0 aliphatic carbocycles. The van der Waals surface area contributed by atoms with E-state index < -0.39 is 6.10 Å². The van der Waals surface area contributed by atoms with Crippen molar-refractivity contribution in [2.24, 2.45) is 0 Å². The third-order valence-electron chi connectivity index (χ3n) is 4.38. The van der Waals surface area contributed by atoms with Crippen LogP contribution in [0.25, 0.3) is 11.4 Å². The number of hydrogen-bond acceptors (Lipinski definition) is 5. The number of methoxy groups -OCH3 is 1. The molecule has 2 aliphatic heterocycles. The summed E-state index contributed by atoms with van der Waals surface area (Å²) in [4.78, 5) is 4.47. The van der Waals surface area contributed by atoms with Crippen LogP contribution in [0.3, 0.4) is 0 Å². The maximum Gasteiger partial charge on any atom is 0.140 e. The Morgan fingerprint density at radius 2 is 1.95 bits per heavy atom. The van der Waals surface area contributed by atoms with E-state index in [9.17, 15) is 5.11 Å². The number of hydrogen-bond donors (Lipinski definition) is 1. The normalized spacial score (nSPS) is 30.5. The minimum Gasteiger partial charge on any atom is -0.497 e. The van der Waals surface area contributed by atoms with Gasteiger partial charge in [0.05, 0.1) is 26.4 Å². The fourth-order valence-electron chi connectivity index (χ4n) is 3.24. The van der Waals surface area contributed by atoms with Crippen molar-refractivity contribution in [2.45, 2.75) is 24.4 Å². The minimum absolute atomic E-state index is 0.0294. The van der Waals surface area contributed by atoms with Crippen LogP contribution in [-0.2, 0) is 9.47 Å². The predicted octanol–water partition coefficient (Wildman–Crippen LogP) is 1.26. The number of ether oxygens (including phenoxy) is 3. The maximum absolute atomic E-state index is 9.87. The lowest BCUT2D eigenvalue weighted by Crippen LogP contribution is -2.30. The first-order valence-electron chi connectivity index (χ1n) is 7.36. The Bertz CT molecular complexity index is 654. The zero-order valence-corrected chi connectivity index (χ0v) is 12.3. The summed E-state index contributed by atoms with van der Waals surface area (Å²) in [6.45, 7) is 0.851. The van der Waals surface area contributed by atoms with E-state index in [-0.39, 0.29) is 18.2 Å². The summed E-state index contributed by atoms with van der Waals surface area (Å²) < 4.78 is 18.7. The summed E-state index contributed by atoms with van der Waals surface area (Å²) in [5, 5.41) is 9.87. The van der Waals surface area contributed by atoms with Crippen molar-refractivity contribution in [2.75, 3.05) is 20.3 Å². The zero-order chi connectivity index (χ0) is 15.1. The number of fused-ring (bicyclic) bond motifs is 1. The summed E-state index contributed by atoms with van der Waals surface area (Å²) in [5.74, 6) is 1.68. The number of imidazole rings is 1. The van der Waals surface area contributed by atoms with Gasteiger partial charge in [-0.25, -0.2) is 4.98 Å². The smallest absolute Gasteiger partial charge is 0.140 e. The van der Waals surface area contributed by atoms with Gasteiger partial charge >= 0.3 is 0 Å². The van der Waals surface area contributed by atoms with E-state index >= 15 is 0 Å². The van der Waals surface area contributed by atoms with E-state index in [2.05, 4.69) is 9.55 Å². The molecule has 6 heteroatoms. The molecule has 0 amide bonds. The Morgan fingerprint density at radius 3 is 2.73 bits per heavy atom. The fourth-order valence-corrected chi connectivity index (χ4v) is 3.24. The summed E-state index contributed by atoms with van der Waals surface area (Å²) >= 11 is 0. The lowest BCUT2D eigenvalue weighted by molar-refractivity contribution is 0.0172. The minimum atomic E-state index is -0.539. The van der Waals surface area contributed by atoms with Crippen LogP contribution in [0.1, 0.15) is 6.04 Å². The standard InChI is InChI=1S/C16H18N2O4/c1-20-11-4-2-10(3-5-11)16-17-6-7-18(16)12-8-21-15-13(19)9-22-14(12)15/h2-7,12-15,19H,8-9H2,1H3/t12-,13-,14-,15-/m1/s1. The third-order valence-corrected chi connectivity index (χ3v) is 4.38. The second-order valence-corrected chi connectivity index (χ2v) is 5.62. The van der Waals surface area contributed by atoms with Crippen LogP contribution < -0.4 is 4.74 Å². The largest absolute Gasteiger partial charge is 0.497 e. The molecule has 0 bridgehead atoms. The van der Waals surface area contributed by atoms with Gasteiger partial charge in [0.1, 0.15) is 29.9 Å². The maximum atomic E-state index is 9.87. The van der Waals surface area contributed by atoms with Gasteiger partial charge in [0.15, 0.2) is 0 Å². The first-order chi connectivity index (χ1) is 10.8. The number of nitrogens with zero attached hydrogens (tertiary/aromatic N) is 2. The highest BCUT2D eigenvalue weighted by atomic mass is 16.6. The average molecular weight is 302 g/mol. The van der Waals surface area contributed by atoms with Gasteiger partial charge in [0.2, 0.25) is 0 Å². The lowest BCUT2D eigenvalue weighted by atomic mass is 10.1. The van der Waals surface area contributed by atoms with Crippen LogP contribution in [0.15, 0.2) is 36.7 Å². The van der Waals surface area contributed by atoms with Crippen molar-refractivity contribution >= 4 is 0 Å². The van der Waals surface area contributed by atoms with Gasteiger partial charge in [-0.15, -0.1) is 0 Å². The monoisotopic (exact) mass is 302 g/mol. The van der Waals surface area contributed by atoms with Crippen molar-refractivity contribution in [3.8, 4) is 17.1 Å². The van der Waals surface area contributed by atoms with E-state index in [1.54, 1.807) is 13.3 Å². The summed E-state index contributed by atoms with van der Waals surface area (Å²) in [6.07, 6.45) is 2.81. The van der Waals surface area contributed by atoms with Crippen molar-refractivity contribution < 1.29 is 19.3 Å². The number of rotatable bonds is 3. The molecule has 0 saturated carbocycles. The molecule has 2 fully saturated rings. The highest BCUT2D eigenvalue weighted by Gasteiger charge is 2.48. The van der Waals surface area contributed by atoms with Crippen molar-refractivity contribution in [3.05, 3.63) is 36.7 Å². The van der Waals surface area contributed by atoms with Crippen LogP contribution >= 0.6 is 0 Å². The molecular weight excluding hydrogens is 284 g/mol. The summed E-state index contributed by atoms with van der Waals surface area (Å²) in [6, 6.07) is 7.82. The van der Waals surface area contributed by atoms with E-state index in [0.717, 1.165) is 17.1 Å². The van der Waals surface area contributed by atoms with Gasteiger partial charge in [0.25, 0.3) is 0 Å². The lowest BCUT2D eigenvalue weighted by Gasteiger charge is -2.19. The van der Waals surface area contributed by atoms with Crippen LogP contribution in [0.5, 0.6) is 5.75 Å². The molecular formula is C16H18N2O4. The Morgan fingerprint density at radius 1 is 1.18 bits per heavy atom. The topological polar surface area (TPSA) is 65.7 Å². The van der Waals surface area contributed by atoms with E-state index in [0.29, 0.717) is 13.2 Å². The molecule has 1 aromatic heterocycles. The van der Waals surface area contributed by atoms with Crippen molar-refractivity contribution in [3.63, 3.8) is 0 Å². The summed E-state index contributed by atoms with van der Waals surface area (Å²) in [5.41, 5.74) is 1.01. The molecule has 22 heavy (non-hydrogen) atoms. The van der Waals surface area contributed by atoms with Crippen LogP contribution in [0, 0.1) is 0 Å². The molecule has 4 rings (SSSR count). The second-order valence-electron chi connectivity index (χ2n) is 5.62. The Labute approximate surface area is 128 Å². The quantitative estimate of drug-likeness (QED) is 0.924. The SMILES string of the molecule is COc1ccc(-c2nccn2[C@@H]2CO[C@H]3[C@@H]2OC[C@H]3O)cc1. The van der Waals surface area contributed by atoms with Gasteiger partial charge in [-0.05, 0) is 24.3 Å². The van der Waals surface area contributed by atoms with Gasteiger partial charge in [-0.3, -0.25) is 0 Å². The van der Waals surface area contributed by atoms with Crippen LogP contribution in [0.4, 0.5) is 0 Å². The zero-order valence-electron chi connectivity index (χ0n) is 12.3. The van der Waals surface area contributed by atoms with Gasteiger partial charge in [0, 0.05) is 18.0 Å². The van der Waals surface area contributed by atoms with Gasteiger partial charge in [-0.1, -0.05) is 0 Å². The van der Waals surface area contributed by atoms with Crippen molar-refractivity contribution in [1.29, 1.82) is 0 Å². The average Bonchev–Trinajstić information content (AvgIpc) is 3.25. The Balaban J connectivity index is 1.65. The highest BCUT2D eigenvalue weighted by molar-refractivity contribution is 5.57. The van der Waals surface area contributed by atoms with E-state index in [4.69, 9.17) is 14.2 Å². The molecule has 1 aromatic carbocycles. The van der Waals surface area contributed by atoms with Crippen LogP contribution in [-0.4, -0.2) is 53.3 Å². The number of aromatic nitrogens is 2. The molecule has 2 aromatic rings. The molecule has 0 radical (unpaired) electrons. The molecule has 0 unspecified atom stereocenters. The highest BCUT2D eigenvalue weighted by Crippen LogP contribution is 2.36. The molecule has 6 nitrogen and oxygen atoms in total. The first-order valence-corrected chi connectivity index (χ1v) is 7.36. The summed E-state index contributed by atoms with van der Waals surface area (Å²) in [7, 11) is 1.65. The number of aliphatic hydroxyl groups is 1. The fraction of sp³-hybridized carbons (Fsp3) is 0.438. The van der Waals surface area contributed by atoms with Crippen LogP contribution in [0.2, 0.25) is 0 Å². The van der Waals surface area contributed by atoms with E-state index in [1.807, 2.05) is 30.5 Å². The number of aliphatic hydroxyl groups excluding tert-OH is 1. The number of benzene rings is 1. The van der Waals surface area contributed by atoms with E-state index in [1.165, 1.54) is 0 Å². The molecule has 0 spiro atoms.